The number of carboxylic acids is 1. The Morgan fingerprint density at radius 3 is 2.78 bits per heavy atom. The molecule has 12 heteroatoms. The SMILES string of the molecule is CCCCOC(=O)NC(CCCCNC1N=CCCN1)(NC(=O)CC1CCON1)C(=O)O. The van der Waals surface area contributed by atoms with Crippen molar-refractivity contribution in [2.24, 2.45) is 4.99 Å². The Hall–Kier alpha value is -2.28. The van der Waals surface area contributed by atoms with Crippen molar-refractivity contribution < 1.29 is 29.1 Å². The van der Waals surface area contributed by atoms with E-state index >= 15 is 0 Å². The van der Waals surface area contributed by atoms with Crippen LogP contribution in [-0.2, 0) is 19.2 Å². The predicted octanol–water partition coefficient (Wildman–Crippen LogP) is 0.201. The number of rotatable bonds is 14. The lowest BCUT2D eigenvalue weighted by Gasteiger charge is -2.31. The summed E-state index contributed by atoms with van der Waals surface area (Å²) in [6.07, 6.45) is 4.97. The second-order valence-corrected chi connectivity index (χ2v) is 7.92. The fraction of sp³-hybridized carbons (Fsp3) is 0.800. The smallest absolute Gasteiger partial charge is 0.409 e. The van der Waals surface area contributed by atoms with Gasteiger partial charge in [0.1, 0.15) is 0 Å². The molecule has 3 unspecified atom stereocenters. The normalized spacial score (nSPS) is 22.2. The molecule has 2 aliphatic rings. The third-order valence-electron chi connectivity index (χ3n) is 5.20. The van der Waals surface area contributed by atoms with Crippen molar-refractivity contribution >= 4 is 24.2 Å². The van der Waals surface area contributed by atoms with Gasteiger partial charge in [-0.2, -0.15) is 5.48 Å². The van der Waals surface area contributed by atoms with Gasteiger partial charge in [0, 0.05) is 31.6 Å². The summed E-state index contributed by atoms with van der Waals surface area (Å²) in [6, 6.07) is -0.203. The molecule has 2 rings (SSSR count). The van der Waals surface area contributed by atoms with Crippen LogP contribution < -0.4 is 26.7 Å². The molecule has 32 heavy (non-hydrogen) atoms. The highest BCUT2D eigenvalue weighted by Gasteiger charge is 2.42. The van der Waals surface area contributed by atoms with E-state index < -0.39 is 23.6 Å². The summed E-state index contributed by atoms with van der Waals surface area (Å²) >= 11 is 0. The van der Waals surface area contributed by atoms with Gasteiger partial charge >= 0.3 is 12.1 Å². The van der Waals surface area contributed by atoms with Crippen molar-refractivity contribution in [3.63, 3.8) is 0 Å². The largest absolute Gasteiger partial charge is 0.478 e. The van der Waals surface area contributed by atoms with Crippen molar-refractivity contribution in [2.75, 3.05) is 26.3 Å². The zero-order valence-corrected chi connectivity index (χ0v) is 18.7. The second-order valence-electron chi connectivity index (χ2n) is 7.92. The van der Waals surface area contributed by atoms with Gasteiger partial charge in [0.05, 0.1) is 13.2 Å². The van der Waals surface area contributed by atoms with E-state index in [4.69, 9.17) is 9.57 Å². The second kappa shape index (κ2) is 14.0. The maximum Gasteiger partial charge on any atom is 0.409 e. The number of hydrogen-bond donors (Lipinski definition) is 6. The van der Waals surface area contributed by atoms with Crippen LogP contribution in [0, 0.1) is 0 Å². The van der Waals surface area contributed by atoms with E-state index in [1.807, 2.05) is 13.1 Å². The van der Waals surface area contributed by atoms with Crippen LogP contribution in [0.2, 0.25) is 0 Å². The van der Waals surface area contributed by atoms with E-state index in [0.29, 0.717) is 38.8 Å². The number of alkyl carbamates (subject to hydrolysis) is 1. The number of hydrogen-bond acceptors (Lipinski definition) is 9. The van der Waals surface area contributed by atoms with E-state index in [-0.39, 0.29) is 31.8 Å². The lowest BCUT2D eigenvalue weighted by Crippen LogP contribution is -2.66. The number of ether oxygens (including phenoxy) is 1. The van der Waals surface area contributed by atoms with Crippen LogP contribution in [-0.4, -0.2) is 73.6 Å². The molecule has 2 amide bonds. The molecule has 1 fully saturated rings. The molecule has 0 bridgehead atoms. The highest BCUT2D eigenvalue weighted by Crippen LogP contribution is 2.15. The molecular weight excluding hydrogens is 420 g/mol. The maximum absolute atomic E-state index is 12.6. The minimum absolute atomic E-state index is 0.00852. The highest BCUT2D eigenvalue weighted by molar-refractivity contribution is 5.89. The molecule has 1 saturated heterocycles. The molecule has 12 nitrogen and oxygen atoms in total. The molecule has 2 aliphatic heterocycles. The minimum atomic E-state index is -1.96. The van der Waals surface area contributed by atoms with Gasteiger partial charge in [-0.3, -0.25) is 25.7 Å². The summed E-state index contributed by atoms with van der Waals surface area (Å²) in [7, 11) is 0. The van der Waals surface area contributed by atoms with E-state index in [2.05, 4.69) is 31.7 Å². The Morgan fingerprint density at radius 2 is 2.12 bits per heavy atom. The van der Waals surface area contributed by atoms with Crippen molar-refractivity contribution in [3.8, 4) is 0 Å². The summed E-state index contributed by atoms with van der Waals surface area (Å²) in [5, 5.41) is 21.3. The fourth-order valence-corrected chi connectivity index (χ4v) is 3.38. The van der Waals surface area contributed by atoms with Gasteiger partial charge in [-0.1, -0.05) is 13.3 Å². The monoisotopic (exact) mass is 456 g/mol. The first-order valence-electron chi connectivity index (χ1n) is 11.3. The molecule has 0 aromatic carbocycles. The standard InChI is InChI=1S/C20H36N6O6/c1-2-3-12-31-19(30)25-20(17(28)29,24-16(27)14-15-7-13-32-26-15)8-4-5-9-21-18-22-10-6-11-23-18/h10,15,18,21,23,26H,2-9,11-14H2,1H3,(H,24,27)(H,25,30)(H,28,29). The number of unbranched alkanes of at least 4 members (excludes halogenated alkanes) is 2. The molecule has 2 heterocycles. The topological polar surface area (TPSA) is 162 Å². The summed E-state index contributed by atoms with van der Waals surface area (Å²) in [4.78, 5) is 46.3. The van der Waals surface area contributed by atoms with Gasteiger partial charge < -0.3 is 20.0 Å². The Kier molecular flexibility index (Phi) is 11.4. The van der Waals surface area contributed by atoms with E-state index in [1.54, 1.807) is 0 Å². The van der Waals surface area contributed by atoms with E-state index in [9.17, 15) is 19.5 Å². The summed E-state index contributed by atoms with van der Waals surface area (Å²) in [6.45, 7) is 4.06. The summed E-state index contributed by atoms with van der Waals surface area (Å²) in [5.74, 6) is -1.84. The molecular formula is C20H36N6O6. The van der Waals surface area contributed by atoms with Crippen LogP contribution in [0.5, 0.6) is 0 Å². The first kappa shape index (κ1) is 26.0. The Morgan fingerprint density at radius 1 is 1.28 bits per heavy atom. The van der Waals surface area contributed by atoms with Crippen LogP contribution in [0.15, 0.2) is 4.99 Å². The van der Waals surface area contributed by atoms with Crippen molar-refractivity contribution in [1.82, 2.24) is 26.7 Å². The minimum Gasteiger partial charge on any atom is -0.478 e. The Labute approximate surface area is 188 Å². The molecule has 0 aromatic heterocycles. The molecule has 0 saturated carbocycles. The molecule has 3 atom stereocenters. The summed E-state index contributed by atoms with van der Waals surface area (Å²) < 4.78 is 5.08. The van der Waals surface area contributed by atoms with Crippen LogP contribution >= 0.6 is 0 Å². The fourth-order valence-electron chi connectivity index (χ4n) is 3.38. The molecule has 0 aromatic rings. The van der Waals surface area contributed by atoms with Gasteiger partial charge in [-0.15, -0.1) is 0 Å². The van der Waals surface area contributed by atoms with Crippen LogP contribution in [0.3, 0.4) is 0 Å². The van der Waals surface area contributed by atoms with Crippen molar-refractivity contribution in [2.45, 2.75) is 76.3 Å². The van der Waals surface area contributed by atoms with Crippen LogP contribution in [0.4, 0.5) is 4.79 Å². The quantitative estimate of drug-likeness (QED) is 0.158. The van der Waals surface area contributed by atoms with Crippen LogP contribution in [0.1, 0.15) is 58.3 Å². The van der Waals surface area contributed by atoms with Crippen molar-refractivity contribution in [1.29, 1.82) is 0 Å². The predicted molar refractivity (Wildman–Crippen MR) is 117 cm³/mol. The third-order valence-corrected chi connectivity index (χ3v) is 5.20. The zero-order chi connectivity index (χ0) is 23.2. The van der Waals surface area contributed by atoms with Gasteiger partial charge in [-0.25, -0.2) is 9.59 Å². The number of aliphatic imine (C=N–C) groups is 1. The van der Waals surface area contributed by atoms with E-state index in [1.165, 1.54) is 0 Å². The third kappa shape index (κ3) is 9.07. The van der Waals surface area contributed by atoms with Gasteiger partial charge in [0.15, 0.2) is 6.29 Å². The average Bonchev–Trinajstić information content (AvgIpc) is 3.27. The van der Waals surface area contributed by atoms with Gasteiger partial charge in [0.25, 0.3) is 0 Å². The van der Waals surface area contributed by atoms with Gasteiger partial charge in [-0.05, 0) is 38.6 Å². The number of nitrogens with zero attached hydrogens (tertiary/aromatic N) is 1. The Bertz CT molecular complexity index is 642. The summed E-state index contributed by atoms with van der Waals surface area (Å²) in [5.41, 5.74) is 0.765. The number of hydroxylamine groups is 1. The molecule has 0 aliphatic carbocycles. The van der Waals surface area contributed by atoms with Crippen LogP contribution in [0.25, 0.3) is 0 Å². The number of carbonyl (C=O) groups excluding carboxylic acids is 2. The molecule has 6 N–H and O–H groups in total. The zero-order valence-electron chi connectivity index (χ0n) is 18.7. The number of aliphatic carboxylic acids is 1. The first-order valence-corrected chi connectivity index (χ1v) is 11.3. The number of nitrogens with one attached hydrogen (secondary N) is 5. The number of carboxylic acid groups (broad SMARTS) is 1. The molecule has 0 radical (unpaired) electrons. The number of carbonyl (C=O) groups is 3. The maximum atomic E-state index is 12.6. The average molecular weight is 457 g/mol. The van der Waals surface area contributed by atoms with E-state index in [0.717, 1.165) is 19.4 Å². The lowest BCUT2D eigenvalue weighted by atomic mass is 10.0. The molecule has 182 valence electrons. The number of amides is 2. The first-order chi connectivity index (χ1) is 15.4. The lowest BCUT2D eigenvalue weighted by molar-refractivity contribution is -0.149. The van der Waals surface area contributed by atoms with Crippen molar-refractivity contribution in [3.05, 3.63) is 0 Å². The Balaban J connectivity index is 1.93. The van der Waals surface area contributed by atoms with Gasteiger partial charge in [0.2, 0.25) is 11.6 Å². The highest BCUT2D eigenvalue weighted by atomic mass is 16.7. The molecule has 0 spiro atoms.